The molecule has 1 aliphatic rings. The van der Waals surface area contributed by atoms with Gasteiger partial charge in [0.2, 0.25) is 11.0 Å². The molecule has 1 aromatic carbocycles. The molecule has 1 amide bonds. The van der Waals surface area contributed by atoms with Gasteiger partial charge in [0.15, 0.2) is 0 Å². The lowest BCUT2D eigenvalue weighted by molar-refractivity contribution is -0.117. The van der Waals surface area contributed by atoms with Gasteiger partial charge in [-0.3, -0.25) is 10.1 Å². The van der Waals surface area contributed by atoms with Gasteiger partial charge >= 0.3 is 0 Å². The molecule has 2 unspecified atom stereocenters. The van der Waals surface area contributed by atoms with Crippen molar-refractivity contribution in [2.75, 3.05) is 11.9 Å². The number of anilines is 1. The molecule has 0 aliphatic carbocycles. The van der Waals surface area contributed by atoms with Crippen molar-refractivity contribution in [3.63, 3.8) is 0 Å². The molecule has 24 heavy (non-hydrogen) atoms. The van der Waals surface area contributed by atoms with Crippen LogP contribution in [-0.2, 0) is 10.2 Å². The number of rotatable bonds is 4. The molecule has 2 heterocycles. The summed E-state index contributed by atoms with van der Waals surface area (Å²) in [5, 5.41) is 24.9. The van der Waals surface area contributed by atoms with E-state index in [4.69, 9.17) is 0 Å². The smallest absolute Gasteiger partial charge is 0.243 e. The van der Waals surface area contributed by atoms with Crippen LogP contribution in [-0.4, -0.2) is 39.9 Å². The summed E-state index contributed by atoms with van der Waals surface area (Å²) in [6, 6.07) is 9.72. The van der Waals surface area contributed by atoms with Crippen molar-refractivity contribution < 1.29 is 9.90 Å². The van der Waals surface area contributed by atoms with Gasteiger partial charge in [0.05, 0.1) is 12.1 Å². The molecule has 0 bridgehead atoms. The monoisotopic (exact) mass is 368 g/mol. The highest BCUT2D eigenvalue weighted by molar-refractivity contribution is 7.15. The van der Waals surface area contributed by atoms with E-state index in [0.29, 0.717) is 18.1 Å². The van der Waals surface area contributed by atoms with Crippen molar-refractivity contribution in [1.82, 2.24) is 15.5 Å². The lowest BCUT2D eigenvalue weighted by atomic mass is 9.85. The van der Waals surface area contributed by atoms with Crippen molar-refractivity contribution in [1.29, 1.82) is 0 Å². The first kappa shape index (κ1) is 18.8. The molecule has 2 atom stereocenters. The number of nitrogens with one attached hydrogen (secondary N) is 2. The van der Waals surface area contributed by atoms with E-state index in [0.717, 1.165) is 10.6 Å². The molecule has 0 radical (unpaired) electrons. The van der Waals surface area contributed by atoms with Crippen LogP contribution in [0.4, 0.5) is 5.13 Å². The summed E-state index contributed by atoms with van der Waals surface area (Å²) in [7, 11) is 0. The van der Waals surface area contributed by atoms with Crippen molar-refractivity contribution in [3.8, 4) is 0 Å². The van der Waals surface area contributed by atoms with Gasteiger partial charge in [0, 0.05) is 12.0 Å². The zero-order valence-corrected chi connectivity index (χ0v) is 15.2. The lowest BCUT2D eigenvalue weighted by Gasteiger charge is -2.21. The second-order valence-electron chi connectivity index (χ2n) is 6.24. The minimum Gasteiger partial charge on any atom is -0.392 e. The third-order valence-corrected chi connectivity index (χ3v) is 5.27. The number of aliphatic hydroxyl groups is 1. The minimum atomic E-state index is -0.465. The fourth-order valence-electron chi connectivity index (χ4n) is 2.61. The van der Waals surface area contributed by atoms with Crippen molar-refractivity contribution in [3.05, 3.63) is 40.9 Å². The van der Waals surface area contributed by atoms with Gasteiger partial charge in [-0.2, -0.15) is 0 Å². The Kier molecular flexibility index (Phi) is 5.92. The van der Waals surface area contributed by atoms with Crippen molar-refractivity contribution >= 4 is 34.8 Å². The Morgan fingerprint density at radius 3 is 2.67 bits per heavy atom. The molecular weight excluding hydrogens is 348 g/mol. The van der Waals surface area contributed by atoms with Crippen LogP contribution in [0.5, 0.6) is 0 Å². The van der Waals surface area contributed by atoms with Crippen LogP contribution in [0.1, 0.15) is 30.8 Å². The average Bonchev–Trinajstić information content (AvgIpc) is 3.17. The van der Waals surface area contributed by atoms with Gasteiger partial charge in [-0.25, -0.2) is 0 Å². The SMILES string of the molecule is CC(C)(c1ccccc1)c1nnc(NC(=O)C2CC(O)CN2)s1.Cl. The number of hydrogen-bond donors (Lipinski definition) is 3. The third-order valence-electron chi connectivity index (χ3n) is 4.11. The van der Waals surface area contributed by atoms with Crippen LogP contribution >= 0.6 is 23.7 Å². The quantitative estimate of drug-likeness (QED) is 0.767. The summed E-state index contributed by atoms with van der Waals surface area (Å²) >= 11 is 1.38. The number of hydrogen-bond acceptors (Lipinski definition) is 6. The predicted octanol–water partition coefficient (Wildman–Crippen LogP) is 1.95. The second-order valence-corrected chi connectivity index (χ2v) is 7.22. The summed E-state index contributed by atoms with van der Waals surface area (Å²) in [5.74, 6) is -0.179. The zero-order chi connectivity index (χ0) is 16.4. The Morgan fingerprint density at radius 2 is 2.04 bits per heavy atom. The number of aliphatic hydroxyl groups excluding tert-OH is 1. The maximum atomic E-state index is 12.1. The Hall–Kier alpha value is -1.54. The van der Waals surface area contributed by atoms with Gasteiger partial charge in [0.1, 0.15) is 5.01 Å². The lowest BCUT2D eigenvalue weighted by Crippen LogP contribution is -2.35. The molecule has 1 saturated heterocycles. The number of carbonyl (C=O) groups excluding carboxylic acids is 1. The fraction of sp³-hybridized carbons (Fsp3) is 0.438. The Morgan fingerprint density at radius 1 is 1.33 bits per heavy atom. The van der Waals surface area contributed by atoms with Crippen LogP contribution in [0.3, 0.4) is 0 Å². The van der Waals surface area contributed by atoms with Gasteiger partial charge in [-0.1, -0.05) is 41.7 Å². The highest BCUT2D eigenvalue weighted by Crippen LogP contribution is 2.34. The Labute approximate surface area is 151 Å². The molecule has 1 fully saturated rings. The van der Waals surface area contributed by atoms with Gasteiger partial charge in [0.25, 0.3) is 0 Å². The van der Waals surface area contributed by atoms with E-state index in [1.807, 2.05) is 18.2 Å². The number of benzene rings is 1. The maximum absolute atomic E-state index is 12.1. The number of β-amino-alcohol motifs (C(OH)–C–C–N with tert-alkyl or cyclic N) is 1. The van der Waals surface area contributed by atoms with E-state index in [2.05, 4.69) is 46.8 Å². The molecule has 1 aromatic heterocycles. The summed E-state index contributed by atoms with van der Waals surface area (Å²) in [6.07, 6.45) is -0.0414. The topological polar surface area (TPSA) is 87.1 Å². The van der Waals surface area contributed by atoms with Crippen LogP contribution in [0.25, 0.3) is 0 Å². The van der Waals surface area contributed by atoms with Gasteiger partial charge in [-0.05, 0) is 25.8 Å². The average molecular weight is 369 g/mol. The molecule has 0 saturated carbocycles. The predicted molar refractivity (Wildman–Crippen MR) is 96.8 cm³/mol. The van der Waals surface area contributed by atoms with Crippen molar-refractivity contribution in [2.24, 2.45) is 0 Å². The van der Waals surface area contributed by atoms with Crippen LogP contribution in [0.15, 0.2) is 30.3 Å². The largest absolute Gasteiger partial charge is 0.392 e. The minimum absolute atomic E-state index is 0. The number of amides is 1. The molecule has 2 aromatic rings. The number of carbonyl (C=O) groups is 1. The highest BCUT2D eigenvalue weighted by Gasteiger charge is 2.30. The van der Waals surface area contributed by atoms with E-state index < -0.39 is 6.10 Å². The standard InChI is InChI=1S/C16H20N4O2S.ClH/c1-16(2,10-6-4-3-5-7-10)14-19-20-15(23-14)18-13(22)12-8-11(21)9-17-12;/h3-7,11-12,17,21H,8-9H2,1-2H3,(H,18,20,22);1H. The fourth-order valence-corrected chi connectivity index (χ4v) is 3.48. The zero-order valence-electron chi connectivity index (χ0n) is 13.5. The molecule has 6 nitrogen and oxygen atoms in total. The number of aromatic nitrogens is 2. The van der Waals surface area contributed by atoms with Crippen molar-refractivity contribution in [2.45, 2.75) is 37.8 Å². The van der Waals surface area contributed by atoms with E-state index in [-0.39, 0.29) is 29.8 Å². The molecule has 3 rings (SSSR count). The molecule has 3 N–H and O–H groups in total. The first-order valence-corrected chi connectivity index (χ1v) is 8.40. The molecule has 130 valence electrons. The summed E-state index contributed by atoms with van der Waals surface area (Å²) in [5.41, 5.74) is 0.874. The first-order chi connectivity index (χ1) is 11.0. The van der Waals surface area contributed by atoms with Crippen LogP contribution in [0.2, 0.25) is 0 Å². The summed E-state index contributed by atoms with van der Waals surface area (Å²) in [6.45, 7) is 4.62. The van der Waals surface area contributed by atoms with E-state index >= 15 is 0 Å². The second kappa shape index (κ2) is 7.57. The third kappa shape index (κ3) is 3.92. The number of halogens is 1. The Bertz CT molecular complexity index is 692. The molecular formula is C16H21ClN4O2S. The molecule has 1 aliphatic heterocycles. The Balaban J connectivity index is 0.00000208. The first-order valence-electron chi connectivity index (χ1n) is 7.58. The number of nitrogens with zero attached hydrogens (tertiary/aromatic N) is 2. The summed E-state index contributed by atoms with van der Waals surface area (Å²) < 4.78 is 0. The van der Waals surface area contributed by atoms with E-state index in [1.54, 1.807) is 0 Å². The summed E-state index contributed by atoms with van der Waals surface area (Å²) in [4.78, 5) is 12.1. The highest BCUT2D eigenvalue weighted by atomic mass is 35.5. The van der Waals surface area contributed by atoms with E-state index in [1.165, 1.54) is 11.3 Å². The van der Waals surface area contributed by atoms with E-state index in [9.17, 15) is 9.90 Å². The normalized spacial score (nSPS) is 20.5. The van der Waals surface area contributed by atoms with Crippen LogP contribution in [0, 0.1) is 0 Å². The molecule has 0 spiro atoms. The maximum Gasteiger partial charge on any atom is 0.243 e. The van der Waals surface area contributed by atoms with Crippen LogP contribution < -0.4 is 10.6 Å². The van der Waals surface area contributed by atoms with Gasteiger partial charge < -0.3 is 10.4 Å². The molecule has 8 heteroatoms. The van der Waals surface area contributed by atoms with Gasteiger partial charge in [-0.15, -0.1) is 22.6 Å².